The number of ether oxygens (including phenoxy) is 1. The number of aromatic nitrogens is 1. The van der Waals surface area contributed by atoms with Gasteiger partial charge in [-0.25, -0.2) is 9.18 Å². The van der Waals surface area contributed by atoms with Gasteiger partial charge in [-0.2, -0.15) is 0 Å². The zero-order valence-corrected chi connectivity index (χ0v) is 18.6. The quantitative estimate of drug-likeness (QED) is 0.574. The number of amides is 1. The summed E-state index contributed by atoms with van der Waals surface area (Å²) >= 11 is 0. The summed E-state index contributed by atoms with van der Waals surface area (Å²) in [7, 11) is 0. The number of nitrogens with one attached hydrogen (secondary N) is 1. The van der Waals surface area contributed by atoms with Gasteiger partial charge in [0.2, 0.25) is 11.7 Å². The van der Waals surface area contributed by atoms with Crippen molar-refractivity contribution < 1.29 is 23.5 Å². The number of esters is 1. The normalized spacial score (nSPS) is 12.4. The molecule has 0 aliphatic rings. The SMILES string of the molecule is Cc1ccc(-n2c(C)cc(C(=O)COC(=O)C(C)NC(=O)C(C)(C)C)c2C)cc1F. The summed E-state index contributed by atoms with van der Waals surface area (Å²) in [4.78, 5) is 36.8. The number of aryl methyl sites for hydroxylation is 2. The van der Waals surface area contributed by atoms with Gasteiger partial charge in [-0.3, -0.25) is 9.59 Å². The number of Topliss-reactive ketones (excluding diaryl/α,β-unsaturated/α-hetero) is 1. The molecule has 1 atom stereocenters. The molecule has 1 N–H and O–H groups in total. The summed E-state index contributed by atoms with van der Waals surface area (Å²) < 4.78 is 20.9. The minimum absolute atomic E-state index is 0.285. The Morgan fingerprint density at radius 3 is 2.33 bits per heavy atom. The lowest BCUT2D eigenvalue weighted by molar-refractivity contribution is -0.147. The number of carbonyl (C=O) groups excluding carboxylic acids is 3. The van der Waals surface area contributed by atoms with E-state index in [0.29, 0.717) is 22.5 Å². The van der Waals surface area contributed by atoms with Gasteiger partial charge in [0.15, 0.2) is 6.61 Å². The number of ketones is 1. The van der Waals surface area contributed by atoms with E-state index in [-0.39, 0.29) is 17.5 Å². The van der Waals surface area contributed by atoms with Crippen molar-refractivity contribution in [1.82, 2.24) is 9.88 Å². The third kappa shape index (κ3) is 5.14. The Balaban J connectivity index is 2.10. The van der Waals surface area contributed by atoms with Crippen LogP contribution in [0.4, 0.5) is 4.39 Å². The highest BCUT2D eigenvalue weighted by atomic mass is 19.1. The van der Waals surface area contributed by atoms with Gasteiger partial charge in [0.05, 0.1) is 0 Å². The standard InChI is InChI=1S/C23H29FN2O4/c1-13-8-9-17(11-19(13)24)26-14(2)10-18(16(26)4)20(27)12-30-21(28)15(3)25-22(29)23(5,6)7/h8-11,15H,12H2,1-7H3,(H,25,29). The van der Waals surface area contributed by atoms with Crippen molar-refractivity contribution >= 4 is 17.7 Å². The molecule has 0 aliphatic carbocycles. The van der Waals surface area contributed by atoms with E-state index in [1.54, 1.807) is 57.4 Å². The highest BCUT2D eigenvalue weighted by Crippen LogP contribution is 2.23. The van der Waals surface area contributed by atoms with Gasteiger partial charge in [0.25, 0.3) is 0 Å². The maximum absolute atomic E-state index is 14.0. The van der Waals surface area contributed by atoms with Crippen LogP contribution in [-0.2, 0) is 14.3 Å². The molecule has 0 aliphatic heterocycles. The van der Waals surface area contributed by atoms with Gasteiger partial charge in [-0.15, -0.1) is 0 Å². The third-order valence-electron chi connectivity index (χ3n) is 4.87. The lowest BCUT2D eigenvalue weighted by Gasteiger charge is -2.20. The maximum atomic E-state index is 14.0. The lowest BCUT2D eigenvalue weighted by atomic mass is 9.95. The lowest BCUT2D eigenvalue weighted by Crippen LogP contribution is -2.45. The largest absolute Gasteiger partial charge is 0.456 e. The van der Waals surface area contributed by atoms with Crippen LogP contribution in [0.25, 0.3) is 5.69 Å². The number of nitrogens with zero attached hydrogens (tertiary/aromatic N) is 1. The summed E-state index contributed by atoms with van der Waals surface area (Å²) in [6.45, 7) is 11.5. The van der Waals surface area contributed by atoms with Crippen LogP contribution in [0.15, 0.2) is 24.3 Å². The van der Waals surface area contributed by atoms with Crippen LogP contribution in [0.1, 0.15) is 55.0 Å². The minimum atomic E-state index is -0.868. The van der Waals surface area contributed by atoms with E-state index < -0.39 is 24.0 Å². The molecule has 1 aromatic heterocycles. The molecule has 162 valence electrons. The van der Waals surface area contributed by atoms with Crippen LogP contribution in [-0.4, -0.2) is 34.9 Å². The summed E-state index contributed by atoms with van der Waals surface area (Å²) in [6.07, 6.45) is 0. The number of carbonyl (C=O) groups is 3. The molecule has 30 heavy (non-hydrogen) atoms. The molecule has 1 amide bonds. The van der Waals surface area contributed by atoms with Crippen LogP contribution < -0.4 is 5.32 Å². The van der Waals surface area contributed by atoms with Gasteiger partial charge in [0, 0.05) is 28.1 Å². The molecule has 0 spiro atoms. The first kappa shape index (κ1) is 23.3. The van der Waals surface area contributed by atoms with Crippen molar-refractivity contribution in [2.24, 2.45) is 5.41 Å². The monoisotopic (exact) mass is 416 g/mol. The van der Waals surface area contributed by atoms with E-state index in [1.807, 2.05) is 6.92 Å². The van der Waals surface area contributed by atoms with E-state index in [1.165, 1.54) is 13.0 Å². The molecular formula is C23H29FN2O4. The van der Waals surface area contributed by atoms with Crippen molar-refractivity contribution in [2.45, 2.75) is 54.5 Å². The molecule has 1 unspecified atom stereocenters. The number of rotatable bonds is 6. The first-order chi connectivity index (χ1) is 13.8. The zero-order valence-electron chi connectivity index (χ0n) is 18.6. The van der Waals surface area contributed by atoms with Gasteiger partial charge < -0.3 is 14.6 Å². The predicted octanol–water partition coefficient (Wildman–Crippen LogP) is 3.82. The predicted molar refractivity (Wildman–Crippen MR) is 112 cm³/mol. The molecule has 6 nitrogen and oxygen atoms in total. The molecule has 0 fully saturated rings. The molecule has 0 bridgehead atoms. The van der Waals surface area contributed by atoms with Crippen LogP contribution in [0.5, 0.6) is 0 Å². The molecule has 0 saturated carbocycles. The molecule has 1 aromatic carbocycles. The van der Waals surface area contributed by atoms with Gasteiger partial charge >= 0.3 is 5.97 Å². The summed E-state index contributed by atoms with van der Waals surface area (Å²) in [6, 6.07) is 5.70. The second-order valence-electron chi connectivity index (χ2n) is 8.53. The topological polar surface area (TPSA) is 77.4 Å². The molecule has 0 radical (unpaired) electrons. The molecular weight excluding hydrogens is 387 g/mol. The van der Waals surface area contributed by atoms with E-state index in [0.717, 1.165) is 5.69 Å². The van der Waals surface area contributed by atoms with E-state index in [2.05, 4.69) is 5.32 Å². The average molecular weight is 416 g/mol. The van der Waals surface area contributed by atoms with Gasteiger partial charge in [-0.1, -0.05) is 26.8 Å². The van der Waals surface area contributed by atoms with Crippen LogP contribution in [0, 0.1) is 32.0 Å². The Morgan fingerprint density at radius 2 is 1.77 bits per heavy atom. The van der Waals surface area contributed by atoms with Crippen molar-refractivity contribution in [2.75, 3.05) is 6.61 Å². The van der Waals surface area contributed by atoms with E-state index in [9.17, 15) is 18.8 Å². The first-order valence-corrected chi connectivity index (χ1v) is 9.79. The van der Waals surface area contributed by atoms with Crippen LogP contribution >= 0.6 is 0 Å². The maximum Gasteiger partial charge on any atom is 0.328 e. The van der Waals surface area contributed by atoms with Crippen molar-refractivity contribution in [3.05, 3.63) is 52.6 Å². The smallest absolute Gasteiger partial charge is 0.328 e. The second-order valence-corrected chi connectivity index (χ2v) is 8.53. The number of benzene rings is 1. The first-order valence-electron chi connectivity index (χ1n) is 9.79. The molecule has 2 rings (SSSR count). The second kappa shape index (κ2) is 8.81. The summed E-state index contributed by atoms with van der Waals surface area (Å²) in [5.74, 6) is -1.67. The summed E-state index contributed by atoms with van der Waals surface area (Å²) in [5.41, 5.74) is 2.30. The minimum Gasteiger partial charge on any atom is -0.456 e. The van der Waals surface area contributed by atoms with Gasteiger partial charge in [0.1, 0.15) is 11.9 Å². The molecule has 0 saturated heterocycles. The zero-order chi connectivity index (χ0) is 22.8. The highest BCUT2D eigenvalue weighted by Gasteiger charge is 2.26. The third-order valence-corrected chi connectivity index (χ3v) is 4.87. The fourth-order valence-corrected chi connectivity index (χ4v) is 2.97. The molecule has 2 aromatic rings. The number of halogens is 1. The van der Waals surface area contributed by atoms with Crippen molar-refractivity contribution in [3.8, 4) is 5.69 Å². The number of hydrogen-bond acceptors (Lipinski definition) is 4. The van der Waals surface area contributed by atoms with Crippen molar-refractivity contribution in [1.29, 1.82) is 0 Å². The Hall–Kier alpha value is -2.96. The average Bonchev–Trinajstić information content (AvgIpc) is 2.95. The number of hydrogen-bond donors (Lipinski definition) is 1. The Kier molecular flexibility index (Phi) is 6.85. The fraction of sp³-hybridized carbons (Fsp3) is 0.435. The van der Waals surface area contributed by atoms with Gasteiger partial charge in [-0.05, 0) is 51.5 Å². The van der Waals surface area contributed by atoms with Crippen LogP contribution in [0.2, 0.25) is 0 Å². The highest BCUT2D eigenvalue weighted by molar-refractivity contribution is 5.99. The fourth-order valence-electron chi connectivity index (χ4n) is 2.97. The van der Waals surface area contributed by atoms with Crippen LogP contribution in [0.3, 0.4) is 0 Å². The van der Waals surface area contributed by atoms with E-state index in [4.69, 9.17) is 4.74 Å². The molecule has 1 heterocycles. The Bertz CT molecular complexity index is 986. The molecule has 7 heteroatoms. The Labute approximate surface area is 176 Å². The summed E-state index contributed by atoms with van der Waals surface area (Å²) in [5, 5.41) is 2.57. The van der Waals surface area contributed by atoms with E-state index >= 15 is 0 Å². The van der Waals surface area contributed by atoms with Crippen molar-refractivity contribution in [3.63, 3.8) is 0 Å². The Morgan fingerprint density at radius 1 is 1.13 bits per heavy atom.